The van der Waals surface area contributed by atoms with Gasteiger partial charge < -0.3 is 4.52 Å². The van der Waals surface area contributed by atoms with Crippen LogP contribution in [-0.4, -0.2) is 22.0 Å². The van der Waals surface area contributed by atoms with Crippen molar-refractivity contribution in [3.05, 3.63) is 65.4 Å². The first-order valence-corrected chi connectivity index (χ1v) is 11.2. The third kappa shape index (κ3) is 4.34. The monoisotopic (exact) mass is 421 g/mol. The molecule has 0 fully saturated rings. The van der Waals surface area contributed by atoms with E-state index >= 15 is 0 Å². The Morgan fingerprint density at radius 3 is 2.11 bits per heavy atom. The number of nitrogens with zero attached hydrogens (tertiary/aromatic N) is 1. The molecule has 8 nitrogen and oxygen atoms in total. The van der Waals surface area contributed by atoms with Gasteiger partial charge in [-0.3, -0.25) is 9.44 Å². The summed E-state index contributed by atoms with van der Waals surface area (Å²) in [5.74, 6) is 0.533. The standard InChI is InChI=1S/C18H19N3O5S2/c1-12-4-5-13(2)17(10-12)28(24,25)20-15-6-8-16(9-7-15)27(22,23)21-18-11-14(3)26-19-18/h4-11,20H,1-3H3,(H,19,21). The average Bonchev–Trinajstić information content (AvgIpc) is 3.01. The molecule has 0 saturated carbocycles. The molecule has 1 heterocycles. The zero-order valence-electron chi connectivity index (χ0n) is 15.4. The summed E-state index contributed by atoms with van der Waals surface area (Å²) in [6.45, 7) is 5.16. The highest BCUT2D eigenvalue weighted by atomic mass is 32.2. The second-order valence-electron chi connectivity index (χ2n) is 6.33. The molecule has 0 atom stereocenters. The molecule has 3 aromatic rings. The van der Waals surface area contributed by atoms with Crippen LogP contribution in [0.2, 0.25) is 0 Å². The second kappa shape index (κ2) is 7.28. The number of sulfonamides is 2. The van der Waals surface area contributed by atoms with E-state index in [0.29, 0.717) is 11.3 Å². The molecule has 28 heavy (non-hydrogen) atoms. The smallest absolute Gasteiger partial charge is 0.263 e. The number of benzene rings is 2. The Hall–Kier alpha value is -2.85. The minimum atomic E-state index is -3.87. The fourth-order valence-electron chi connectivity index (χ4n) is 2.52. The van der Waals surface area contributed by atoms with Gasteiger partial charge in [0.1, 0.15) is 5.76 Å². The predicted molar refractivity (Wildman–Crippen MR) is 105 cm³/mol. The summed E-state index contributed by atoms with van der Waals surface area (Å²) in [6, 6.07) is 12.0. The van der Waals surface area contributed by atoms with E-state index in [9.17, 15) is 16.8 Å². The van der Waals surface area contributed by atoms with Gasteiger partial charge in [0.25, 0.3) is 20.0 Å². The van der Waals surface area contributed by atoms with Crippen LogP contribution in [0, 0.1) is 20.8 Å². The van der Waals surface area contributed by atoms with E-state index in [0.717, 1.165) is 5.56 Å². The summed E-state index contributed by atoms with van der Waals surface area (Å²) >= 11 is 0. The van der Waals surface area contributed by atoms with Gasteiger partial charge in [0.2, 0.25) is 0 Å². The summed E-state index contributed by atoms with van der Waals surface area (Å²) in [5.41, 5.74) is 1.68. The summed E-state index contributed by atoms with van der Waals surface area (Å²) < 4.78 is 59.6. The van der Waals surface area contributed by atoms with Crippen LogP contribution in [-0.2, 0) is 20.0 Å². The molecule has 0 spiro atoms. The Morgan fingerprint density at radius 1 is 0.821 bits per heavy atom. The molecule has 3 rings (SSSR count). The van der Waals surface area contributed by atoms with Crippen molar-refractivity contribution in [2.24, 2.45) is 0 Å². The van der Waals surface area contributed by atoms with E-state index in [2.05, 4.69) is 14.6 Å². The maximum Gasteiger partial charge on any atom is 0.263 e. The van der Waals surface area contributed by atoms with Crippen molar-refractivity contribution in [1.29, 1.82) is 0 Å². The molecule has 0 radical (unpaired) electrons. The Labute approximate surface area is 163 Å². The highest BCUT2D eigenvalue weighted by Crippen LogP contribution is 2.22. The van der Waals surface area contributed by atoms with Crippen molar-refractivity contribution in [2.45, 2.75) is 30.6 Å². The normalized spacial score (nSPS) is 12.0. The maximum absolute atomic E-state index is 12.6. The molecule has 2 aromatic carbocycles. The van der Waals surface area contributed by atoms with Gasteiger partial charge in [-0.25, -0.2) is 16.8 Å². The first-order valence-electron chi connectivity index (χ1n) is 8.23. The van der Waals surface area contributed by atoms with Gasteiger partial charge in [-0.05, 0) is 62.2 Å². The minimum Gasteiger partial charge on any atom is -0.360 e. The Bertz CT molecular complexity index is 1210. The molecule has 0 aliphatic carbocycles. The van der Waals surface area contributed by atoms with Gasteiger partial charge in [0.15, 0.2) is 5.82 Å². The molecule has 2 N–H and O–H groups in total. The number of rotatable bonds is 6. The van der Waals surface area contributed by atoms with E-state index in [4.69, 9.17) is 4.52 Å². The van der Waals surface area contributed by atoms with Crippen molar-refractivity contribution in [3.8, 4) is 0 Å². The lowest BCUT2D eigenvalue weighted by Gasteiger charge is -2.12. The lowest BCUT2D eigenvalue weighted by Crippen LogP contribution is -2.15. The van der Waals surface area contributed by atoms with E-state index in [1.165, 1.54) is 30.3 Å². The molecule has 0 amide bonds. The van der Waals surface area contributed by atoms with Crippen LogP contribution < -0.4 is 9.44 Å². The fraction of sp³-hybridized carbons (Fsp3) is 0.167. The lowest BCUT2D eigenvalue weighted by molar-refractivity contribution is 0.400. The molecular formula is C18H19N3O5S2. The average molecular weight is 422 g/mol. The van der Waals surface area contributed by atoms with Crippen molar-refractivity contribution in [2.75, 3.05) is 9.44 Å². The van der Waals surface area contributed by atoms with Crippen LogP contribution in [0.15, 0.2) is 62.8 Å². The summed E-state index contributed by atoms with van der Waals surface area (Å²) in [5, 5.41) is 3.58. The Morgan fingerprint density at radius 2 is 1.50 bits per heavy atom. The first kappa shape index (κ1) is 19.9. The molecule has 0 unspecified atom stereocenters. The topological polar surface area (TPSA) is 118 Å². The van der Waals surface area contributed by atoms with Gasteiger partial charge in [0.05, 0.1) is 9.79 Å². The predicted octanol–water partition coefficient (Wildman–Crippen LogP) is 3.20. The molecule has 148 valence electrons. The van der Waals surface area contributed by atoms with E-state index in [1.807, 2.05) is 13.0 Å². The van der Waals surface area contributed by atoms with Crippen molar-refractivity contribution >= 4 is 31.6 Å². The molecule has 10 heteroatoms. The number of aromatic nitrogens is 1. The van der Waals surface area contributed by atoms with Crippen LogP contribution in [0.4, 0.5) is 11.5 Å². The highest BCUT2D eigenvalue weighted by molar-refractivity contribution is 7.93. The molecule has 0 bridgehead atoms. The number of anilines is 2. The third-order valence-electron chi connectivity index (χ3n) is 3.92. The van der Waals surface area contributed by atoms with Crippen LogP contribution >= 0.6 is 0 Å². The Balaban J connectivity index is 1.81. The third-order valence-corrected chi connectivity index (χ3v) is 6.81. The fourth-order valence-corrected chi connectivity index (χ4v) is 4.89. The van der Waals surface area contributed by atoms with Gasteiger partial charge in [-0.2, -0.15) is 0 Å². The Kier molecular flexibility index (Phi) is 5.18. The van der Waals surface area contributed by atoms with E-state index < -0.39 is 20.0 Å². The SMILES string of the molecule is Cc1ccc(C)c(S(=O)(=O)Nc2ccc(S(=O)(=O)Nc3cc(C)on3)cc2)c1. The summed E-state index contributed by atoms with van der Waals surface area (Å²) in [6.07, 6.45) is 0. The largest absolute Gasteiger partial charge is 0.360 e. The maximum atomic E-state index is 12.6. The highest BCUT2D eigenvalue weighted by Gasteiger charge is 2.19. The number of hydrogen-bond acceptors (Lipinski definition) is 6. The molecule has 0 saturated heterocycles. The zero-order valence-corrected chi connectivity index (χ0v) is 17.1. The van der Waals surface area contributed by atoms with Gasteiger partial charge in [-0.15, -0.1) is 0 Å². The molecule has 0 aliphatic heterocycles. The molecular weight excluding hydrogens is 402 g/mol. The van der Waals surface area contributed by atoms with Crippen LogP contribution in [0.5, 0.6) is 0 Å². The van der Waals surface area contributed by atoms with E-state index in [1.54, 1.807) is 26.0 Å². The van der Waals surface area contributed by atoms with Gasteiger partial charge in [-0.1, -0.05) is 17.3 Å². The summed E-state index contributed by atoms with van der Waals surface area (Å²) in [7, 11) is -7.67. The van der Waals surface area contributed by atoms with Crippen molar-refractivity contribution in [1.82, 2.24) is 5.16 Å². The summed E-state index contributed by atoms with van der Waals surface area (Å²) in [4.78, 5) is 0.134. The minimum absolute atomic E-state index is 0.0390. The molecule has 0 aliphatic rings. The quantitative estimate of drug-likeness (QED) is 0.631. The zero-order chi connectivity index (χ0) is 20.5. The van der Waals surface area contributed by atoms with E-state index in [-0.39, 0.29) is 21.3 Å². The second-order valence-corrected chi connectivity index (χ2v) is 9.66. The van der Waals surface area contributed by atoms with Gasteiger partial charge >= 0.3 is 0 Å². The van der Waals surface area contributed by atoms with Crippen molar-refractivity contribution in [3.63, 3.8) is 0 Å². The lowest BCUT2D eigenvalue weighted by atomic mass is 10.2. The first-order chi connectivity index (χ1) is 13.1. The number of hydrogen-bond donors (Lipinski definition) is 2. The molecule has 1 aromatic heterocycles. The van der Waals surface area contributed by atoms with Crippen LogP contribution in [0.25, 0.3) is 0 Å². The van der Waals surface area contributed by atoms with Crippen LogP contribution in [0.3, 0.4) is 0 Å². The number of aryl methyl sites for hydroxylation is 3. The van der Waals surface area contributed by atoms with Crippen molar-refractivity contribution < 1.29 is 21.4 Å². The van der Waals surface area contributed by atoms with Crippen LogP contribution in [0.1, 0.15) is 16.9 Å². The number of nitrogens with one attached hydrogen (secondary N) is 2. The van der Waals surface area contributed by atoms with Gasteiger partial charge in [0, 0.05) is 11.8 Å².